The number of rotatable bonds is 3. The van der Waals surface area contributed by atoms with Crippen LogP contribution < -0.4 is 5.32 Å². The summed E-state index contributed by atoms with van der Waals surface area (Å²) in [6.45, 7) is 1.97. The summed E-state index contributed by atoms with van der Waals surface area (Å²) in [4.78, 5) is 8.71. The Balaban J connectivity index is 1.91. The predicted molar refractivity (Wildman–Crippen MR) is 74.1 cm³/mol. The minimum Gasteiger partial charge on any atom is -0.324 e. The number of benzene rings is 1. The Morgan fingerprint density at radius 3 is 2.68 bits per heavy atom. The highest BCUT2D eigenvalue weighted by Gasteiger charge is 2.06. The number of hydrogen-bond acceptors (Lipinski definition) is 4. The number of aryl methyl sites for hydroxylation is 1. The van der Waals surface area contributed by atoms with Gasteiger partial charge in [0, 0.05) is 23.1 Å². The molecule has 0 saturated heterocycles. The maximum absolute atomic E-state index is 4.49. The molecule has 3 aromatic rings. The second-order valence-corrected chi connectivity index (χ2v) is 4.17. The molecule has 0 radical (unpaired) electrons. The van der Waals surface area contributed by atoms with E-state index in [1.807, 2.05) is 43.3 Å². The van der Waals surface area contributed by atoms with Crippen LogP contribution in [0, 0.1) is 6.92 Å². The topological polar surface area (TPSA) is 66.5 Å². The molecule has 0 aliphatic rings. The quantitative estimate of drug-likeness (QED) is 0.751. The van der Waals surface area contributed by atoms with Gasteiger partial charge in [0.25, 0.3) is 0 Å². The summed E-state index contributed by atoms with van der Waals surface area (Å²) in [6, 6.07) is 11.7. The number of para-hydroxylation sites is 1. The number of aromatic nitrogens is 4. The molecule has 5 nitrogen and oxygen atoms in total. The van der Waals surface area contributed by atoms with Gasteiger partial charge in [-0.25, -0.2) is 9.97 Å². The van der Waals surface area contributed by atoms with Crippen molar-refractivity contribution in [2.75, 3.05) is 5.32 Å². The van der Waals surface area contributed by atoms with Gasteiger partial charge in [0.15, 0.2) is 0 Å². The third-order valence-electron chi connectivity index (χ3n) is 2.79. The van der Waals surface area contributed by atoms with Crippen LogP contribution in [-0.4, -0.2) is 20.2 Å². The van der Waals surface area contributed by atoms with E-state index in [2.05, 4.69) is 25.5 Å². The van der Waals surface area contributed by atoms with Crippen LogP contribution in [0.15, 0.2) is 48.8 Å². The summed E-state index contributed by atoms with van der Waals surface area (Å²) < 4.78 is 0. The van der Waals surface area contributed by atoms with Crippen LogP contribution in [0.25, 0.3) is 11.3 Å². The van der Waals surface area contributed by atoms with Gasteiger partial charge in [0.2, 0.25) is 5.95 Å². The number of anilines is 2. The van der Waals surface area contributed by atoms with Gasteiger partial charge in [-0.05, 0) is 25.1 Å². The number of nitrogens with one attached hydrogen (secondary N) is 2. The Hall–Kier alpha value is -2.69. The van der Waals surface area contributed by atoms with E-state index in [1.165, 1.54) is 0 Å². The molecule has 0 aliphatic heterocycles. The van der Waals surface area contributed by atoms with Gasteiger partial charge >= 0.3 is 0 Å². The van der Waals surface area contributed by atoms with Gasteiger partial charge in [-0.15, -0.1) is 0 Å². The van der Waals surface area contributed by atoms with Crippen molar-refractivity contribution in [2.24, 2.45) is 0 Å². The fourth-order valence-electron chi connectivity index (χ4n) is 1.83. The molecule has 0 amide bonds. The van der Waals surface area contributed by atoms with Crippen LogP contribution >= 0.6 is 0 Å². The highest BCUT2D eigenvalue weighted by atomic mass is 15.1. The fraction of sp³-hybridized carbons (Fsp3) is 0.0714. The van der Waals surface area contributed by atoms with E-state index in [-0.39, 0.29) is 0 Å². The first kappa shape index (κ1) is 11.4. The van der Waals surface area contributed by atoms with E-state index in [4.69, 9.17) is 0 Å². The van der Waals surface area contributed by atoms with Crippen LogP contribution in [0.4, 0.5) is 11.6 Å². The summed E-state index contributed by atoms with van der Waals surface area (Å²) in [6.07, 6.45) is 3.50. The zero-order valence-corrected chi connectivity index (χ0v) is 10.5. The lowest BCUT2D eigenvalue weighted by atomic mass is 10.2. The van der Waals surface area contributed by atoms with Crippen molar-refractivity contribution in [3.63, 3.8) is 0 Å². The zero-order chi connectivity index (χ0) is 13.1. The highest BCUT2D eigenvalue weighted by molar-refractivity contribution is 5.63. The van der Waals surface area contributed by atoms with Gasteiger partial charge in [0.05, 0.1) is 11.9 Å². The van der Waals surface area contributed by atoms with Gasteiger partial charge in [-0.2, -0.15) is 5.10 Å². The molecule has 0 unspecified atom stereocenters. The minimum atomic E-state index is 0.573. The lowest BCUT2D eigenvalue weighted by molar-refractivity contribution is 1.05. The molecule has 0 saturated carbocycles. The molecular weight excluding hydrogens is 238 g/mol. The molecule has 2 heterocycles. The van der Waals surface area contributed by atoms with Crippen molar-refractivity contribution in [3.8, 4) is 11.3 Å². The summed E-state index contributed by atoms with van der Waals surface area (Å²) in [5.41, 5.74) is 3.78. The van der Waals surface area contributed by atoms with Gasteiger partial charge in [0.1, 0.15) is 0 Å². The molecule has 0 fully saturated rings. The van der Waals surface area contributed by atoms with Crippen molar-refractivity contribution < 1.29 is 0 Å². The van der Waals surface area contributed by atoms with Crippen molar-refractivity contribution in [3.05, 3.63) is 54.5 Å². The van der Waals surface area contributed by atoms with E-state index < -0.39 is 0 Å². The largest absolute Gasteiger partial charge is 0.324 e. The van der Waals surface area contributed by atoms with Crippen molar-refractivity contribution >= 4 is 11.6 Å². The molecule has 1 aromatic carbocycles. The van der Waals surface area contributed by atoms with Crippen molar-refractivity contribution in [1.29, 1.82) is 0 Å². The van der Waals surface area contributed by atoms with Gasteiger partial charge in [-0.1, -0.05) is 18.2 Å². The Labute approximate surface area is 110 Å². The normalized spacial score (nSPS) is 10.4. The standard InChI is InChI=1S/C14H13N5/c1-10-12(9-16-19-10)13-7-8-15-14(18-13)17-11-5-3-2-4-6-11/h2-9H,1H3,(H,16,19)(H,15,17,18). The Kier molecular flexibility index (Phi) is 2.94. The zero-order valence-electron chi connectivity index (χ0n) is 10.5. The highest BCUT2D eigenvalue weighted by Crippen LogP contribution is 2.20. The number of nitrogens with zero attached hydrogens (tertiary/aromatic N) is 3. The molecular formula is C14H13N5. The van der Waals surface area contributed by atoms with E-state index in [0.717, 1.165) is 22.6 Å². The predicted octanol–water partition coefficient (Wildman–Crippen LogP) is 2.92. The van der Waals surface area contributed by atoms with Crippen LogP contribution in [0.2, 0.25) is 0 Å². The summed E-state index contributed by atoms with van der Waals surface area (Å²) in [7, 11) is 0. The third kappa shape index (κ3) is 2.44. The SMILES string of the molecule is Cc1[nH]ncc1-c1ccnc(Nc2ccccc2)n1. The molecule has 0 atom stereocenters. The van der Waals surface area contributed by atoms with E-state index in [1.54, 1.807) is 12.4 Å². The van der Waals surface area contributed by atoms with Crippen molar-refractivity contribution in [2.45, 2.75) is 6.92 Å². The number of H-pyrrole nitrogens is 1. The third-order valence-corrected chi connectivity index (χ3v) is 2.79. The van der Waals surface area contributed by atoms with Gasteiger partial charge < -0.3 is 5.32 Å². The smallest absolute Gasteiger partial charge is 0.227 e. The first-order valence-corrected chi connectivity index (χ1v) is 5.98. The molecule has 0 spiro atoms. The Morgan fingerprint density at radius 1 is 1.11 bits per heavy atom. The molecule has 0 aliphatic carbocycles. The maximum atomic E-state index is 4.49. The summed E-state index contributed by atoms with van der Waals surface area (Å²) in [5.74, 6) is 0.573. The second kappa shape index (κ2) is 4.89. The molecule has 0 bridgehead atoms. The molecule has 2 N–H and O–H groups in total. The lowest BCUT2D eigenvalue weighted by Crippen LogP contribution is -1.97. The van der Waals surface area contributed by atoms with E-state index in [0.29, 0.717) is 5.95 Å². The fourth-order valence-corrected chi connectivity index (χ4v) is 1.83. The van der Waals surface area contributed by atoms with Crippen LogP contribution in [0.1, 0.15) is 5.69 Å². The first-order chi connectivity index (χ1) is 9.33. The minimum absolute atomic E-state index is 0.573. The van der Waals surface area contributed by atoms with Crippen molar-refractivity contribution in [1.82, 2.24) is 20.2 Å². The number of aromatic amines is 1. The molecule has 5 heteroatoms. The van der Waals surface area contributed by atoms with Gasteiger partial charge in [-0.3, -0.25) is 5.10 Å². The second-order valence-electron chi connectivity index (χ2n) is 4.17. The van der Waals surface area contributed by atoms with Crippen LogP contribution in [0.3, 0.4) is 0 Å². The summed E-state index contributed by atoms with van der Waals surface area (Å²) >= 11 is 0. The summed E-state index contributed by atoms with van der Waals surface area (Å²) in [5, 5.41) is 10.1. The van der Waals surface area contributed by atoms with E-state index >= 15 is 0 Å². The first-order valence-electron chi connectivity index (χ1n) is 5.98. The average Bonchev–Trinajstić information content (AvgIpc) is 2.86. The Bertz CT molecular complexity index is 675. The maximum Gasteiger partial charge on any atom is 0.227 e. The van der Waals surface area contributed by atoms with E-state index in [9.17, 15) is 0 Å². The average molecular weight is 251 g/mol. The van der Waals surface area contributed by atoms with Crippen LogP contribution in [0.5, 0.6) is 0 Å². The monoisotopic (exact) mass is 251 g/mol. The molecule has 94 valence electrons. The molecule has 19 heavy (non-hydrogen) atoms. The Morgan fingerprint density at radius 2 is 1.95 bits per heavy atom. The molecule has 3 rings (SSSR count). The van der Waals surface area contributed by atoms with Crippen LogP contribution in [-0.2, 0) is 0 Å². The number of hydrogen-bond donors (Lipinski definition) is 2. The molecule has 2 aromatic heterocycles. The lowest BCUT2D eigenvalue weighted by Gasteiger charge is -2.05.